The molecule has 5 heteroatoms. The number of ether oxygens (including phenoxy) is 1. The molecule has 1 N–H and O–H groups in total. The van der Waals surface area contributed by atoms with Crippen molar-refractivity contribution in [2.45, 2.75) is 0 Å². The van der Waals surface area contributed by atoms with E-state index in [4.69, 9.17) is 4.74 Å². The molecule has 0 bridgehead atoms. The van der Waals surface area contributed by atoms with Gasteiger partial charge in [-0.25, -0.2) is 0 Å². The zero-order chi connectivity index (χ0) is 16.9. The third-order valence-electron chi connectivity index (χ3n) is 4.33. The number of hydrogen-bond acceptors (Lipinski definition) is 4. The van der Waals surface area contributed by atoms with Crippen molar-refractivity contribution in [1.29, 1.82) is 0 Å². The van der Waals surface area contributed by atoms with Gasteiger partial charge in [-0.3, -0.25) is 4.79 Å². The van der Waals surface area contributed by atoms with Crippen molar-refractivity contribution in [1.82, 2.24) is 4.90 Å². The summed E-state index contributed by atoms with van der Waals surface area (Å²) in [7, 11) is 3.74. The molecule has 2 aromatic rings. The highest BCUT2D eigenvalue weighted by Crippen LogP contribution is 2.20. The van der Waals surface area contributed by atoms with Crippen molar-refractivity contribution in [3.8, 4) is 5.75 Å². The number of anilines is 2. The maximum Gasteiger partial charge on any atom is 0.255 e. The van der Waals surface area contributed by atoms with Crippen LogP contribution in [0.25, 0.3) is 0 Å². The van der Waals surface area contributed by atoms with Gasteiger partial charge in [0, 0.05) is 43.1 Å². The maximum atomic E-state index is 12.3. The molecule has 0 saturated carbocycles. The normalized spacial score (nSPS) is 15.2. The molecule has 5 nitrogen and oxygen atoms in total. The first-order chi connectivity index (χ1) is 11.7. The second kappa shape index (κ2) is 7.36. The lowest BCUT2D eigenvalue weighted by Gasteiger charge is -2.34. The molecule has 0 aliphatic carbocycles. The summed E-state index contributed by atoms with van der Waals surface area (Å²) in [6.45, 7) is 4.22. The maximum absolute atomic E-state index is 12.3. The minimum absolute atomic E-state index is 0.138. The van der Waals surface area contributed by atoms with E-state index in [1.807, 2.05) is 24.3 Å². The lowest BCUT2D eigenvalue weighted by Crippen LogP contribution is -2.44. The number of piperazine rings is 1. The highest BCUT2D eigenvalue weighted by atomic mass is 16.5. The van der Waals surface area contributed by atoms with E-state index in [2.05, 4.69) is 34.3 Å². The third-order valence-corrected chi connectivity index (χ3v) is 4.33. The Kier molecular flexibility index (Phi) is 5.01. The molecule has 0 aromatic heterocycles. The largest absolute Gasteiger partial charge is 0.497 e. The smallest absolute Gasteiger partial charge is 0.255 e. The average molecular weight is 325 g/mol. The molecule has 1 aliphatic rings. The Bertz CT molecular complexity index is 692. The minimum Gasteiger partial charge on any atom is -0.497 e. The van der Waals surface area contributed by atoms with Crippen LogP contribution in [0.4, 0.5) is 11.4 Å². The quantitative estimate of drug-likeness (QED) is 0.939. The monoisotopic (exact) mass is 325 g/mol. The molecule has 1 saturated heterocycles. The Labute approximate surface area is 142 Å². The van der Waals surface area contributed by atoms with Crippen LogP contribution >= 0.6 is 0 Å². The van der Waals surface area contributed by atoms with Crippen LogP contribution in [-0.2, 0) is 0 Å². The number of amides is 1. The van der Waals surface area contributed by atoms with Gasteiger partial charge in [0.05, 0.1) is 7.11 Å². The van der Waals surface area contributed by atoms with Crippen LogP contribution in [0, 0.1) is 0 Å². The summed E-state index contributed by atoms with van der Waals surface area (Å²) >= 11 is 0. The van der Waals surface area contributed by atoms with Gasteiger partial charge in [0.25, 0.3) is 5.91 Å². The molecule has 0 radical (unpaired) electrons. The van der Waals surface area contributed by atoms with Crippen LogP contribution in [-0.4, -0.2) is 51.1 Å². The average Bonchev–Trinajstić information content (AvgIpc) is 2.63. The van der Waals surface area contributed by atoms with E-state index >= 15 is 0 Å². The number of benzene rings is 2. The number of rotatable bonds is 4. The minimum atomic E-state index is -0.138. The predicted molar refractivity (Wildman–Crippen MR) is 97.1 cm³/mol. The molecule has 126 valence electrons. The third kappa shape index (κ3) is 3.86. The Morgan fingerprint density at radius 3 is 2.42 bits per heavy atom. The van der Waals surface area contributed by atoms with Crippen molar-refractivity contribution in [3.05, 3.63) is 54.1 Å². The van der Waals surface area contributed by atoms with Crippen LogP contribution in [0.1, 0.15) is 10.4 Å². The fourth-order valence-electron chi connectivity index (χ4n) is 2.79. The van der Waals surface area contributed by atoms with E-state index in [9.17, 15) is 4.79 Å². The van der Waals surface area contributed by atoms with Crippen LogP contribution in [0.15, 0.2) is 48.5 Å². The van der Waals surface area contributed by atoms with Crippen molar-refractivity contribution < 1.29 is 9.53 Å². The van der Waals surface area contributed by atoms with E-state index in [-0.39, 0.29) is 5.91 Å². The van der Waals surface area contributed by atoms with Crippen LogP contribution in [0.2, 0.25) is 0 Å². The van der Waals surface area contributed by atoms with E-state index in [0.29, 0.717) is 11.3 Å². The van der Waals surface area contributed by atoms with Gasteiger partial charge in [0.15, 0.2) is 0 Å². The highest BCUT2D eigenvalue weighted by molar-refractivity contribution is 6.04. The molecule has 0 spiro atoms. The van der Waals surface area contributed by atoms with E-state index in [1.165, 1.54) is 5.69 Å². The molecule has 24 heavy (non-hydrogen) atoms. The summed E-state index contributed by atoms with van der Waals surface area (Å²) in [5.41, 5.74) is 2.57. The Balaban J connectivity index is 1.64. The number of hydrogen-bond donors (Lipinski definition) is 1. The first-order valence-corrected chi connectivity index (χ1v) is 8.14. The zero-order valence-corrected chi connectivity index (χ0v) is 14.2. The topological polar surface area (TPSA) is 44.8 Å². The molecule has 1 heterocycles. The summed E-state index contributed by atoms with van der Waals surface area (Å²) < 4.78 is 5.16. The first-order valence-electron chi connectivity index (χ1n) is 8.14. The Morgan fingerprint density at radius 2 is 1.75 bits per heavy atom. The summed E-state index contributed by atoms with van der Waals surface area (Å²) in [6, 6.07) is 15.2. The van der Waals surface area contributed by atoms with Gasteiger partial charge in [-0.2, -0.15) is 0 Å². The molecule has 3 rings (SSSR count). The van der Waals surface area contributed by atoms with Gasteiger partial charge in [0.2, 0.25) is 0 Å². The summed E-state index contributed by atoms with van der Waals surface area (Å²) in [5, 5.41) is 2.93. The number of likely N-dealkylation sites (N-methyl/N-ethyl adjacent to an activating group) is 1. The lowest BCUT2D eigenvalue weighted by molar-refractivity contribution is 0.102. The second-order valence-corrected chi connectivity index (χ2v) is 6.02. The lowest BCUT2D eigenvalue weighted by atomic mass is 10.2. The van der Waals surface area contributed by atoms with Gasteiger partial charge in [-0.15, -0.1) is 0 Å². The van der Waals surface area contributed by atoms with Crippen LogP contribution in [0.5, 0.6) is 5.75 Å². The summed E-state index contributed by atoms with van der Waals surface area (Å²) in [4.78, 5) is 17.0. The number of nitrogens with one attached hydrogen (secondary N) is 1. The van der Waals surface area contributed by atoms with E-state index in [0.717, 1.165) is 31.9 Å². The Hall–Kier alpha value is -2.53. The Morgan fingerprint density at radius 1 is 1.04 bits per heavy atom. The number of carbonyl (C=O) groups is 1. The number of nitrogens with zero attached hydrogens (tertiary/aromatic N) is 2. The fraction of sp³-hybridized carbons (Fsp3) is 0.316. The highest BCUT2D eigenvalue weighted by Gasteiger charge is 2.14. The molecule has 2 aromatic carbocycles. The first kappa shape index (κ1) is 16.3. The molecule has 0 unspecified atom stereocenters. The van der Waals surface area contributed by atoms with Gasteiger partial charge in [0.1, 0.15) is 5.75 Å². The van der Waals surface area contributed by atoms with Crippen molar-refractivity contribution in [2.24, 2.45) is 0 Å². The number of carbonyl (C=O) groups excluding carboxylic acids is 1. The number of methoxy groups -OCH3 is 1. The van der Waals surface area contributed by atoms with Crippen molar-refractivity contribution >= 4 is 17.3 Å². The molecular formula is C19H23N3O2. The SMILES string of the molecule is COc1cccc(C(=O)Nc2ccc(N3CCN(C)CC3)cc2)c1. The molecule has 1 fully saturated rings. The summed E-state index contributed by atoms with van der Waals surface area (Å²) in [5.74, 6) is 0.536. The van der Waals surface area contributed by atoms with Crippen molar-refractivity contribution in [3.63, 3.8) is 0 Å². The molecular weight excluding hydrogens is 302 g/mol. The van der Waals surface area contributed by atoms with Gasteiger partial charge in [-0.05, 0) is 49.5 Å². The standard InChI is InChI=1S/C19H23N3O2/c1-21-10-12-22(13-11-21)17-8-6-16(7-9-17)20-19(23)15-4-3-5-18(14-15)24-2/h3-9,14H,10-13H2,1-2H3,(H,20,23). The van der Waals surface area contributed by atoms with Gasteiger partial charge >= 0.3 is 0 Å². The zero-order valence-electron chi connectivity index (χ0n) is 14.2. The van der Waals surface area contributed by atoms with E-state index in [1.54, 1.807) is 19.2 Å². The van der Waals surface area contributed by atoms with E-state index < -0.39 is 0 Å². The second-order valence-electron chi connectivity index (χ2n) is 6.02. The molecule has 1 aliphatic heterocycles. The van der Waals surface area contributed by atoms with Crippen molar-refractivity contribution in [2.75, 3.05) is 50.6 Å². The van der Waals surface area contributed by atoms with Crippen LogP contribution < -0.4 is 15.0 Å². The fourth-order valence-corrected chi connectivity index (χ4v) is 2.79. The summed E-state index contributed by atoms with van der Waals surface area (Å²) in [6.07, 6.45) is 0. The predicted octanol–water partition coefficient (Wildman–Crippen LogP) is 2.70. The van der Waals surface area contributed by atoms with Gasteiger partial charge in [-0.1, -0.05) is 6.07 Å². The van der Waals surface area contributed by atoms with Crippen LogP contribution in [0.3, 0.4) is 0 Å². The molecule has 0 atom stereocenters. The van der Waals surface area contributed by atoms with Gasteiger partial charge < -0.3 is 19.9 Å². The molecule has 1 amide bonds.